The number of fused-ring (bicyclic) bond motifs is 2. The van der Waals surface area contributed by atoms with E-state index in [9.17, 15) is 22.4 Å². The zero-order valence-electron chi connectivity index (χ0n) is 20.5. The second kappa shape index (κ2) is 10.1. The molecule has 2 aliphatic heterocycles. The average molecular weight is 522 g/mol. The molecule has 3 aromatic rings. The Bertz CT molecular complexity index is 1470. The van der Waals surface area contributed by atoms with E-state index in [1.54, 1.807) is 30.3 Å². The number of anilines is 1. The van der Waals surface area contributed by atoms with E-state index in [-0.39, 0.29) is 50.7 Å². The number of carbonyl (C=O) groups is 2. The van der Waals surface area contributed by atoms with Gasteiger partial charge in [0.25, 0.3) is 11.8 Å². The van der Waals surface area contributed by atoms with Crippen LogP contribution in [0.25, 0.3) is 0 Å². The molecular weight excluding hydrogens is 493 g/mol. The highest BCUT2D eigenvalue weighted by Gasteiger charge is 2.36. The molecule has 2 heterocycles. The third-order valence-electron chi connectivity index (χ3n) is 7.14. The lowest BCUT2D eigenvalue weighted by Gasteiger charge is -2.24. The SMILES string of the molecule is CCN1CCC[C@@H]1CNC(=O)c1ccc2c(c1)N(Cc1ccccc1F)C(=O)c1ccccc1S2(=O)=O. The monoisotopic (exact) mass is 521 g/mol. The predicted molar refractivity (Wildman–Crippen MR) is 138 cm³/mol. The molecule has 0 unspecified atom stereocenters. The van der Waals surface area contributed by atoms with Gasteiger partial charge in [-0.15, -0.1) is 0 Å². The Hall–Kier alpha value is -3.56. The van der Waals surface area contributed by atoms with E-state index >= 15 is 0 Å². The van der Waals surface area contributed by atoms with Gasteiger partial charge in [0.2, 0.25) is 9.84 Å². The highest BCUT2D eigenvalue weighted by molar-refractivity contribution is 7.91. The van der Waals surface area contributed by atoms with Gasteiger partial charge in [0.1, 0.15) is 5.82 Å². The number of carbonyl (C=O) groups excluding carboxylic acids is 2. The molecule has 9 heteroatoms. The lowest BCUT2D eigenvalue weighted by molar-refractivity contribution is 0.0938. The van der Waals surface area contributed by atoms with Gasteiger partial charge < -0.3 is 10.2 Å². The number of likely N-dealkylation sites (N-methyl/N-ethyl adjacent to an activating group) is 1. The summed E-state index contributed by atoms with van der Waals surface area (Å²) in [6.45, 7) is 4.28. The van der Waals surface area contributed by atoms with Crippen LogP contribution in [0.4, 0.5) is 10.1 Å². The second-order valence-electron chi connectivity index (χ2n) is 9.30. The molecule has 37 heavy (non-hydrogen) atoms. The Kier molecular flexibility index (Phi) is 6.83. The summed E-state index contributed by atoms with van der Waals surface area (Å²) in [7, 11) is -4.08. The van der Waals surface area contributed by atoms with E-state index in [1.807, 2.05) is 0 Å². The molecule has 0 radical (unpaired) electrons. The Morgan fingerprint density at radius 1 is 1.05 bits per heavy atom. The first-order chi connectivity index (χ1) is 17.8. The minimum atomic E-state index is -4.08. The quantitative estimate of drug-likeness (QED) is 0.529. The van der Waals surface area contributed by atoms with Crippen LogP contribution < -0.4 is 10.2 Å². The maximum atomic E-state index is 14.6. The minimum absolute atomic E-state index is 0.00179. The standard InChI is InChI=1S/C28H28FN3O4S/c1-2-31-15-7-9-21(31)17-30-27(33)19-13-14-26-24(16-19)32(18-20-8-3-5-11-23(20)29)28(34)22-10-4-6-12-25(22)37(26,35)36/h3-6,8,10-14,16,21H,2,7,9,15,17-18H2,1H3,(H,30,33)/t21-/m1/s1. The Morgan fingerprint density at radius 3 is 2.59 bits per heavy atom. The summed E-state index contributed by atoms with van der Waals surface area (Å²) in [6.07, 6.45) is 2.08. The van der Waals surface area contributed by atoms with E-state index in [1.165, 1.54) is 41.3 Å². The van der Waals surface area contributed by atoms with Crippen molar-refractivity contribution in [3.8, 4) is 0 Å². The average Bonchev–Trinajstić information content (AvgIpc) is 3.36. The number of nitrogens with zero attached hydrogens (tertiary/aromatic N) is 2. The van der Waals surface area contributed by atoms with Crippen LogP contribution in [0.5, 0.6) is 0 Å². The molecule has 7 nitrogen and oxygen atoms in total. The number of rotatable bonds is 6. The fourth-order valence-electron chi connectivity index (χ4n) is 5.16. The molecule has 192 valence electrons. The topological polar surface area (TPSA) is 86.8 Å². The predicted octanol–water partition coefficient (Wildman–Crippen LogP) is 4.03. The first-order valence-corrected chi connectivity index (χ1v) is 13.8. The Balaban J connectivity index is 1.56. The smallest absolute Gasteiger partial charge is 0.259 e. The van der Waals surface area contributed by atoms with Crippen LogP contribution in [0.3, 0.4) is 0 Å². The molecule has 3 aromatic carbocycles. The van der Waals surface area contributed by atoms with Gasteiger partial charge in [-0.3, -0.25) is 14.5 Å². The summed E-state index contributed by atoms with van der Waals surface area (Å²) in [4.78, 5) is 30.1. The molecular formula is C28H28FN3O4S. The maximum Gasteiger partial charge on any atom is 0.259 e. The summed E-state index contributed by atoms with van der Waals surface area (Å²) in [6, 6.07) is 16.5. The van der Waals surface area contributed by atoms with Crippen molar-refractivity contribution in [1.82, 2.24) is 10.2 Å². The van der Waals surface area contributed by atoms with Crippen LogP contribution in [0.15, 0.2) is 76.5 Å². The van der Waals surface area contributed by atoms with E-state index < -0.39 is 21.6 Å². The first-order valence-electron chi connectivity index (χ1n) is 12.4. The van der Waals surface area contributed by atoms with Crippen molar-refractivity contribution in [3.63, 3.8) is 0 Å². The van der Waals surface area contributed by atoms with Crippen LogP contribution in [-0.4, -0.2) is 50.8 Å². The van der Waals surface area contributed by atoms with Crippen molar-refractivity contribution >= 4 is 27.3 Å². The number of halogens is 1. The number of hydrogen-bond donors (Lipinski definition) is 1. The van der Waals surface area contributed by atoms with Crippen LogP contribution in [-0.2, 0) is 16.4 Å². The zero-order chi connectivity index (χ0) is 26.2. The molecule has 1 saturated heterocycles. The van der Waals surface area contributed by atoms with Gasteiger partial charge >= 0.3 is 0 Å². The Labute approximate surface area is 215 Å². The van der Waals surface area contributed by atoms with Crippen molar-refractivity contribution in [2.75, 3.05) is 24.5 Å². The van der Waals surface area contributed by atoms with Crippen LogP contribution in [0, 0.1) is 5.82 Å². The van der Waals surface area contributed by atoms with Crippen molar-refractivity contribution in [1.29, 1.82) is 0 Å². The number of likely N-dealkylation sites (tertiary alicyclic amines) is 1. The molecule has 2 amide bonds. The normalized spacial score (nSPS) is 18.7. The molecule has 1 N–H and O–H groups in total. The molecule has 0 aromatic heterocycles. The van der Waals surface area contributed by atoms with Crippen molar-refractivity contribution in [2.24, 2.45) is 0 Å². The molecule has 0 spiro atoms. The molecule has 2 aliphatic rings. The summed E-state index contributed by atoms with van der Waals surface area (Å²) in [5.74, 6) is -1.45. The van der Waals surface area contributed by atoms with Crippen molar-refractivity contribution < 1.29 is 22.4 Å². The van der Waals surface area contributed by atoms with Gasteiger partial charge in [-0.25, -0.2) is 12.8 Å². The number of sulfone groups is 1. The van der Waals surface area contributed by atoms with Gasteiger partial charge in [0, 0.05) is 23.7 Å². The highest BCUT2D eigenvalue weighted by Crippen LogP contribution is 2.38. The largest absolute Gasteiger partial charge is 0.350 e. The molecule has 0 bridgehead atoms. The van der Waals surface area contributed by atoms with Gasteiger partial charge in [-0.05, 0) is 62.3 Å². The second-order valence-corrected chi connectivity index (χ2v) is 11.2. The van der Waals surface area contributed by atoms with Gasteiger partial charge in [-0.1, -0.05) is 37.3 Å². The molecule has 0 aliphatic carbocycles. The third-order valence-corrected chi connectivity index (χ3v) is 9.00. The van der Waals surface area contributed by atoms with E-state index in [0.29, 0.717) is 6.54 Å². The van der Waals surface area contributed by atoms with E-state index in [0.717, 1.165) is 25.9 Å². The maximum absolute atomic E-state index is 14.6. The first kappa shape index (κ1) is 25.1. The van der Waals surface area contributed by atoms with E-state index in [4.69, 9.17) is 0 Å². The zero-order valence-corrected chi connectivity index (χ0v) is 21.3. The molecule has 0 saturated carbocycles. The van der Waals surface area contributed by atoms with Crippen LogP contribution in [0.1, 0.15) is 46.0 Å². The van der Waals surface area contributed by atoms with Crippen molar-refractivity contribution in [3.05, 3.63) is 89.2 Å². The fourth-order valence-corrected chi connectivity index (χ4v) is 6.79. The molecule has 1 atom stereocenters. The lowest BCUT2D eigenvalue weighted by Crippen LogP contribution is -2.40. The summed E-state index contributed by atoms with van der Waals surface area (Å²) >= 11 is 0. The van der Waals surface area contributed by atoms with E-state index in [2.05, 4.69) is 17.1 Å². The summed E-state index contributed by atoms with van der Waals surface area (Å²) in [5.41, 5.74) is 0.511. The highest BCUT2D eigenvalue weighted by atomic mass is 32.2. The fraction of sp³-hybridized carbons (Fsp3) is 0.286. The summed E-state index contributed by atoms with van der Waals surface area (Å²) < 4.78 is 41.8. The van der Waals surface area contributed by atoms with Gasteiger partial charge in [0.15, 0.2) is 0 Å². The number of amides is 2. The Morgan fingerprint density at radius 2 is 1.81 bits per heavy atom. The molecule has 1 fully saturated rings. The van der Waals surface area contributed by atoms with Gasteiger partial charge in [-0.2, -0.15) is 0 Å². The number of benzene rings is 3. The minimum Gasteiger partial charge on any atom is -0.350 e. The third kappa shape index (κ3) is 4.65. The summed E-state index contributed by atoms with van der Waals surface area (Å²) in [5, 5.41) is 2.96. The van der Waals surface area contributed by atoms with Crippen LogP contribution >= 0.6 is 0 Å². The van der Waals surface area contributed by atoms with Crippen molar-refractivity contribution in [2.45, 2.75) is 42.1 Å². The molecule has 5 rings (SSSR count). The van der Waals surface area contributed by atoms with Crippen LogP contribution in [0.2, 0.25) is 0 Å². The number of hydrogen-bond acceptors (Lipinski definition) is 5. The number of nitrogens with one attached hydrogen (secondary N) is 1. The van der Waals surface area contributed by atoms with Gasteiger partial charge in [0.05, 0.1) is 27.6 Å². The lowest BCUT2D eigenvalue weighted by atomic mass is 10.1.